The van der Waals surface area contributed by atoms with E-state index < -0.39 is 23.4 Å². The predicted molar refractivity (Wildman–Crippen MR) is 140 cm³/mol. The SMILES string of the molecule is CCOc1ccc(-c2ccc(F)c(F)c2F)c(CN2CCC3(CC2)CC(=O)N(c2ccc(C(=O)O)cc2)C3)c1. The highest BCUT2D eigenvalue weighted by Gasteiger charge is 2.45. The van der Waals surface area contributed by atoms with Gasteiger partial charge in [0.25, 0.3) is 0 Å². The average Bonchev–Trinajstić information content (AvgIpc) is 3.25. The molecule has 2 aliphatic heterocycles. The number of rotatable bonds is 7. The molecule has 0 saturated carbocycles. The molecule has 6 nitrogen and oxygen atoms in total. The second kappa shape index (κ2) is 10.7. The van der Waals surface area contributed by atoms with Crippen LogP contribution in [0, 0.1) is 22.9 Å². The second-order valence-corrected chi connectivity index (χ2v) is 10.3. The zero-order valence-electron chi connectivity index (χ0n) is 21.6. The first-order chi connectivity index (χ1) is 18.7. The monoisotopic (exact) mass is 538 g/mol. The van der Waals surface area contributed by atoms with Gasteiger partial charge in [0.2, 0.25) is 5.91 Å². The largest absolute Gasteiger partial charge is 0.494 e. The molecule has 2 heterocycles. The molecule has 0 radical (unpaired) electrons. The quantitative estimate of drug-likeness (QED) is 0.380. The predicted octanol–water partition coefficient (Wildman–Crippen LogP) is 5.89. The molecule has 39 heavy (non-hydrogen) atoms. The highest BCUT2D eigenvalue weighted by Crippen LogP contribution is 2.43. The number of anilines is 1. The number of aromatic carboxylic acids is 1. The fourth-order valence-electron chi connectivity index (χ4n) is 5.63. The molecule has 0 aliphatic carbocycles. The van der Waals surface area contributed by atoms with Gasteiger partial charge in [0.05, 0.1) is 12.2 Å². The molecule has 3 aromatic carbocycles. The third-order valence-corrected chi connectivity index (χ3v) is 7.77. The molecule has 2 saturated heterocycles. The van der Waals surface area contributed by atoms with Crippen LogP contribution in [0.25, 0.3) is 11.1 Å². The van der Waals surface area contributed by atoms with Crippen molar-refractivity contribution >= 4 is 17.6 Å². The number of halogens is 3. The number of amides is 1. The van der Waals surface area contributed by atoms with E-state index in [2.05, 4.69) is 4.90 Å². The Balaban J connectivity index is 1.32. The number of benzene rings is 3. The molecule has 0 atom stereocenters. The Morgan fingerprint density at radius 2 is 1.67 bits per heavy atom. The Kier molecular flexibility index (Phi) is 7.36. The molecule has 3 aromatic rings. The first-order valence-electron chi connectivity index (χ1n) is 13.0. The molecule has 1 spiro atoms. The Hall–Kier alpha value is -3.85. The molecule has 2 fully saturated rings. The first-order valence-corrected chi connectivity index (χ1v) is 13.0. The number of nitrogens with zero attached hydrogens (tertiary/aromatic N) is 2. The van der Waals surface area contributed by atoms with Crippen molar-refractivity contribution in [1.82, 2.24) is 4.90 Å². The summed E-state index contributed by atoms with van der Waals surface area (Å²) in [5, 5.41) is 9.14. The summed E-state index contributed by atoms with van der Waals surface area (Å²) < 4.78 is 48.0. The lowest BCUT2D eigenvalue weighted by atomic mass is 9.77. The normalized spacial score (nSPS) is 17.1. The van der Waals surface area contributed by atoms with Crippen LogP contribution >= 0.6 is 0 Å². The lowest BCUT2D eigenvalue weighted by Crippen LogP contribution is -2.41. The molecule has 0 unspecified atom stereocenters. The van der Waals surface area contributed by atoms with Crippen molar-refractivity contribution in [2.45, 2.75) is 32.7 Å². The Labute approximate surface area is 224 Å². The maximum absolute atomic E-state index is 14.7. The van der Waals surface area contributed by atoms with E-state index in [1.807, 2.05) is 13.0 Å². The Morgan fingerprint density at radius 3 is 2.33 bits per heavy atom. The van der Waals surface area contributed by atoms with Crippen LogP contribution in [0.4, 0.5) is 18.9 Å². The van der Waals surface area contributed by atoms with E-state index in [0.29, 0.717) is 56.2 Å². The van der Waals surface area contributed by atoms with Gasteiger partial charge in [-0.15, -0.1) is 0 Å². The van der Waals surface area contributed by atoms with Gasteiger partial charge in [0.15, 0.2) is 17.5 Å². The Bertz CT molecular complexity index is 1400. The Morgan fingerprint density at radius 1 is 0.974 bits per heavy atom. The van der Waals surface area contributed by atoms with Crippen LogP contribution in [0.5, 0.6) is 5.75 Å². The summed E-state index contributed by atoms with van der Waals surface area (Å²) in [6.07, 6.45) is 1.98. The second-order valence-electron chi connectivity index (χ2n) is 10.3. The molecule has 0 aromatic heterocycles. The fourth-order valence-corrected chi connectivity index (χ4v) is 5.63. The number of carbonyl (C=O) groups excluding carboxylic acids is 1. The van der Waals surface area contributed by atoms with Crippen molar-refractivity contribution in [2.24, 2.45) is 5.41 Å². The summed E-state index contributed by atoms with van der Waals surface area (Å²) in [4.78, 5) is 28.0. The van der Waals surface area contributed by atoms with Gasteiger partial charge in [-0.05, 0) is 97.9 Å². The van der Waals surface area contributed by atoms with E-state index in [1.165, 1.54) is 18.2 Å². The van der Waals surface area contributed by atoms with Gasteiger partial charge in [0, 0.05) is 30.8 Å². The van der Waals surface area contributed by atoms with Crippen LogP contribution in [-0.4, -0.2) is 48.1 Å². The maximum atomic E-state index is 14.7. The molecule has 1 N–H and O–H groups in total. The van der Waals surface area contributed by atoms with Crippen molar-refractivity contribution in [2.75, 3.05) is 31.1 Å². The number of carboxylic acids is 1. The fraction of sp³-hybridized carbons (Fsp3) is 0.333. The van der Waals surface area contributed by atoms with Gasteiger partial charge in [-0.2, -0.15) is 0 Å². The standard InChI is InChI=1S/C30H29F3N2O4/c1-2-39-22-7-8-23(24-9-10-25(31)28(33)27(24)32)20(15-22)17-34-13-11-30(12-14-34)16-26(36)35(18-30)21-5-3-19(4-6-21)29(37)38/h3-10,15H,2,11-14,16-18H2,1H3,(H,37,38). The zero-order chi connectivity index (χ0) is 27.7. The van der Waals surface area contributed by atoms with E-state index in [9.17, 15) is 22.8 Å². The number of piperidine rings is 1. The molecule has 2 aliphatic rings. The van der Waals surface area contributed by atoms with Gasteiger partial charge in [-0.3, -0.25) is 9.69 Å². The van der Waals surface area contributed by atoms with E-state index in [-0.39, 0.29) is 22.4 Å². The van der Waals surface area contributed by atoms with E-state index >= 15 is 0 Å². The third-order valence-electron chi connectivity index (χ3n) is 7.77. The molecular formula is C30H29F3N2O4. The summed E-state index contributed by atoms with van der Waals surface area (Å²) >= 11 is 0. The van der Waals surface area contributed by atoms with Crippen molar-refractivity contribution in [3.63, 3.8) is 0 Å². The van der Waals surface area contributed by atoms with Gasteiger partial charge < -0.3 is 14.7 Å². The summed E-state index contributed by atoms with van der Waals surface area (Å²) in [6, 6.07) is 13.7. The topological polar surface area (TPSA) is 70.1 Å². The van der Waals surface area contributed by atoms with Crippen LogP contribution in [0.1, 0.15) is 42.1 Å². The minimum absolute atomic E-state index is 0.00799. The average molecular weight is 539 g/mol. The van der Waals surface area contributed by atoms with E-state index in [0.717, 1.165) is 24.5 Å². The van der Waals surface area contributed by atoms with Gasteiger partial charge in [-0.1, -0.05) is 6.07 Å². The molecule has 5 rings (SSSR count). The van der Waals surface area contributed by atoms with Crippen molar-refractivity contribution < 1.29 is 32.6 Å². The molecular weight excluding hydrogens is 509 g/mol. The number of carbonyl (C=O) groups is 2. The number of ether oxygens (including phenoxy) is 1. The van der Waals surface area contributed by atoms with Crippen LogP contribution in [-0.2, 0) is 11.3 Å². The first kappa shape index (κ1) is 26.7. The van der Waals surface area contributed by atoms with E-state index in [4.69, 9.17) is 9.84 Å². The summed E-state index contributed by atoms with van der Waals surface area (Å²) in [5.41, 5.74) is 1.89. The molecule has 1 amide bonds. The number of carboxylic acid groups (broad SMARTS) is 1. The van der Waals surface area contributed by atoms with Gasteiger partial charge >= 0.3 is 5.97 Å². The van der Waals surface area contributed by atoms with Crippen LogP contribution < -0.4 is 9.64 Å². The highest BCUT2D eigenvalue weighted by atomic mass is 19.2. The molecule has 0 bridgehead atoms. The third kappa shape index (κ3) is 5.36. The van der Waals surface area contributed by atoms with Crippen molar-refractivity contribution in [3.8, 4) is 16.9 Å². The lowest BCUT2D eigenvalue weighted by molar-refractivity contribution is -0.118. The maximum Gasteiger partial charge on any atom is 0.335 e. The summed E-state index contributed by atoms with van der Waals surface area (Å²) in [6.45, 7) is 4.75. The number of hydrogen-bond acceptors (Lipinski definition) is 4. The summed E-state index contributed by atoms with van der Waals surface area (Å²) in [7, 11) is 0. The van der Waals surface area contributed by atoms with Crippen LogP contribution in [0.2, 0.25) is 0 Å². The summed E-state index contributed by atoms with van der Waals surface area (Å²) in [5.74, 6) is -4.34. The van der Waals surface area contributed by atoms with Crippen molar-refractivity contribution in [3.05, 3.63) is 83.2 Å². The van der Waals surface area contributed by atoms with Crippen molar-refractivity contribution in [1.29, 1.82) is 0 Å². The lowest BCUT2D eigenvalue weighted by Gasteiger charge is -2.39. The molecule has 9 heteroatoms. The van der Waals surface area contributed by atoms with Crippen LogP contribution in [0.3, 0.4) is 0 Å². The smallest absolute Gasteiger partial charge is 0.335 e. The van der Waals surface area contributed by atoms with E-state index in [1.54, 1.807) is 29.2 Å². The minimum atomic E-state index is -1.50. The minimum Gasteiger partial charge on any atom is -0.494 e. The van der Waals surface area contributed by atoms with Gasteiger partial charge in [0.1, 0.15) is 5.75 Å². The number of likely N-dealkylation sites (tertiary alicyclic amines) is 1. The number of hydrogen-bond donors (Lipinski definition) is 1. The zero-order valence-corrected chi connectivity index (χ0v) is 21.6. The van der Waals surface area contributed by atoms with Gasteiger partial charge in [-0.25, -0.2) is 18.0 Å². The van der Waals surface area contributed by atoms with Crippen LogP contribution in [0.15, 0.2) is 54.6 Å². The molecule has 204 valence electrons. The highest BCUT2D eigenvalue weighted by molar-refractivity contribution is 5.97.